The molecule has 0 bridgehead atoms. The van der Waals surface area contributed by atoms with Gasteiger partial charge in [0.15, 0.2) is 0 Å². The number of nitrogens with zero attached hydrogens (tertiary/aromatic N) is 3. The molecule has 2 aliphatic heterocycles. The van der Waals surface area contributed by atoms with Crippen LogP contribution in [0.3, 0.4) is 0 Å². The lowest BCUT2D eigenvalue weighted by atomic mass is 10.1. The number of carbonyl (C=O) groups excluding carboxylic acids is 1. The van der Waals surface area contributed by atoms with Crippen LogP contribution in [-0.2, 0) is 21.8 Å². The first-order chi connectivity index (χ1) is 11.3. The first-order valence-electron chi connectivity index (χ1n) is 7.79. The number of carbonyl (C=O) groups is 1. The van der Waals surface area contributed by atoms with E-state index in [1.807, 2.05) is 0 Å². The number of ether oxygens (including phenoxy) is 1. The Labute approximate surface area is 140 Å². The maximum absolute atomic E-state index is 12.7. The molecule has 2 fully saturated rings. The monoisotopic (exact) mass is 355 g/mol. The fraction of sp³-hybridized carbons (Fsp3) is 0.600. The van der Waals surface area contributed by atoms with E-state index in [9.17, 15) is 18.0 Å². The lowest BCUT2D eigenvalue weighted by molar-refractivity contribution is 0.0491. The van der Waals surface area contributed by atoms with Crippen molar-refractivity contribution in [3.05, 3.63) is 34.2 Å². The fourth-order valence-electron chi connectivity index (χ4n) is 3.26. The minimum absolute atomic E-state index is 0.0845. The Morgan fingerprint density at radius 2 is 2.04 bits per heavy atom. The molecular weight excluding hydrogens is 334 g/mol. The number of hydrogen-bond acceptors (Lipinski definition) is 5. The average molecular weight is 355 g/mol. The minimum Gasteiger partial charge on any atom is -0.375 e. The number of likely N-dealkylation sites (tertiary alicyclic amines) is 1. The van der Waals surface area contributed by atoms with Crippen LogP contribution in [0.2, 0.25) is 0 Å². The van der Waals surface area contributed by atoms with Crippen molar-refractivity contribution in [2.24, 2.45) is 13.0 Å². The van der Waals surface area contributed by atoms with Gasteiger partial charge in [-0.2, -0.15) is 4.31 Å². The Hall–Kier alpha value is -1.71. The molecule has 1 aromatic rings. The van der Waals surface area contributed by atoms with E-state index in [0.717, 1.165) is 0 Å². The van der Waals surface area contributed by atoms with Crippen molar-refractivity contribution in [1.29, 1.82) is 0 Å². The fourth-order valence-corrected chi connectivity index (χ4v) is 4.13. The standard InChI is InChI=1S/C15H21N3O5S/c1-16-5-3-4-12(14(16)19)15(20)17-8-11-9-18(24(2,21)22)6-7-23-13(11)10-17/h3-5,11,13H,6-10H2,1-2H3/t11-,13-/m1/s1. The van der Waals surface area contributed by atoms with Gasteiger partial charge in [-0.05, 0) is 12.1 Å². The second-order valence-electron chi connectivity index (χ2n) is 6.34. The van der Waals surface area contributed by atoms with Gasteiger partial charge in [0.2, 0.25) is 10.0 Å². The topological polar surface area (TPSA) is 88.9 Å². The van der Waals surface area contributed by atoms with Gasteiger partial charge >= 0.3 is 0 Å². The third-order valence-corrected chi connectivity index (χ3v) is 5.87. The van der Waals surface area contributed by atoms with Crippen LogP contribution in [0.1, 0.15) is 10.4 Å². The number of aryl methyl sites for hydroxylation is 1. The molecule has 3 heterocycles. The van der Waals surface area contributed by atoms with Crippen LogP contribution in [0.25, 0.3) is 0 Å². The summed E-state index contributed by atoms with van der Waals surface area (Å²) >= 11 is 0. The zero-order valence-electron chi connectivity index (χ0n) is 13.7. The number of hydrogen-bond donors (Lipinski definition) is 0. The largest absolute Gasteiger partial charge is 0.375 e. The quantitative estimate of drug-likeness (QED) is 0.687. The smallest absolute Gasteiger partial charge is 0.263 e. The normalized spacial score (nSPS) is 25.3. The van der Waals surface area contributed by atoms with Gasteiger partial charge in [-0.15, -0.1) is 0 Å². The highest BCUT2D eigenvalue weighted by Crippen LogP contribution is 2.25. The van der Waals surface area contributed by atoms with Gasteiger partial charge in [0, 0.05) is 45.3 Å². The molecule has 0 spiro atoms. The van der Waals surface area contributed by atoms with Crippen molar-refractivity contribution in [2.45, 2.75) is 6.10 Å². The van der Waals surface area contributed by atoms with Crippen molar-refractivity contribution in [2.75, 3.05) is 39.0 Å². The summed E-state index contributed by atoms with van der Waals surface area (Å²) in [5.74, 6) is -0.419. The van der Waals surface area contributed by atoms with E-state index < -0.39 is 10.0 Å². The highest BCUT2D eigenvalue weighted by atomic mass is 32.2. The van der Waals surface area contributed by atoms with Crippen LogP contribution in [0.5, 0.6) is 0 Å². The number of amides is 1. The van der Waals surface area contributed by atoms with E-state index in [-0.39, 0.29) is 29.1 Å². The lowest BCUT2D eigenvalue weighted by Gasteiger charge is -2.21. The Bertz CT molecular complexity index is 804. The molecule has 2 saturated heterocycles. The lowest BCUT2D eigenvalue weighted by Crippen LogP contribution is -2.38. The van der Waals surface area contributed by atoms with Crippen LogP contribution in [-0.4, -0.2) is 73.2 Å². The number of pyridine rings is 1. The van der Waals surface area contributed by atoms with Gasteiger partial charge in [-0.25, -0.2) is 8.42 Å². The van der Waals surface area contributed by atoms with Gasteiger partial charge in [0.25, 0.3) is 11.5 Å². The second-order valence-corrected chi connectivity index (χ2v) is 8.32. The summed E-state index contributed by atoms with van der Waals surface area (Å²) in [6.45, 7) is 1.73. The molecule has 0 aliphatic carbocycles. The van der Waals surface area contributed by atoms with Gasteiger partial charge < -0.3 is 14.2 Å². The summed E-state index contributed by atoms with van der Waals surface area (Å²) in [6.07, 6.45) is 2.58. The van der Waals surface area contributed by atoms with Crippen molar-refractivity contribution in [1.82, 2.24) is 13.8 Å². The Kier molecular flexibility index (Phi) is 4.50. The van der Waals surface area contributed by atoms with Gasteiger partial charge in [-0.1, -0.05) is 0 Å². The first-order valence-corrected chi connectivity index (χ1v) is 9.64. The molecular formula is C15H21N3O5S. The molecule has 2 atom stereocenters. The average Bonchev–Trinajstić information content (AvgIpc) is 2.80. The molecule has 132 valence electrons. The van der Waals surface area contributed by atoms with Crippen LogP contribution in [0.4, 0.5) is 0 Å². The molecule has 1 aromatic heterocycles. The molecule has 2 aliphatic rings. The molecule has 9 heteroatoms. The Balaban J connectivity index is 1.78. The number of aromatic nitrogens is 1. The Morgan fingerprint density at radius 3 is 2.75 bits per heavy atom. The molecule has 0 unspecified atom stereocenters. The number of fused-ring (bicyclic) bond motifs is 1. The number of sulfonamides is 1. The maximum atomic E-state index is 12.7. The van der Waals surface area contributed by atoms with Gasteiger partial charge in [0.05, 0.1) is 19.0 Å². The van der Waals surface area contributed by atoms with Crippen molar-refractivity contribution in [3.8, 4) is 0 Å². The van der Waals surface area contributed by atoms with Crippen molar-refractivity contribution >= 4 is 15.9 Å². The SMILES string of the molecule is Cn1cccc(C(=O)N2C[C@@H]3CN(S(C)(=O)=O)CCO[C@@H]3C2)c1=O. The summed E-state index contributed by atoms with van der Waals surface area (Å²) in [6, 6.07) is 3.17. The van der Waals surface area contributed by atoms with Crippen LogP contribution >= 0.6 is 0 Å². The zero-order valence-corrected chi connectivity index (χ0v) is 14.5. The van der Waals surface area contributed by atoms with Crippen LogP contribution in [0, 0.1) is 5.92 Å². The summed E-state index contributed by atoms with van der Waals surface area (Å²) < 4.78 is 32.1. The van der Waals surface area contributed by atoms with E-state index in [2.05, 4.69) is 0 Å². The zero-order chi connectivity index (χ0) is 17.5. The maximum Gasteiger partial charge on any atom is 0.263 e. The van der Waals surface area contributed by atoms with E-state index in [1.165, 1.54) is 21.2 Å². The molecule has 0 saturated carbocycles. The van der Waals surface area contributed by atoms with E-state index >= 15 is 0 Å². The van der Waals surface area contributed by atoms with E-state index in [0.29, 0.717) is 32.8 Å². The predicted molar refractivity (Wildman–Crippen MR) is 87.2 cm³/mol. The summed E-state index contributed by atoms with van der Waals surface area (Å²) in [5, 5.41) is 0. The molecule has 0 aromatic carbocycles. The Morgan fingerprint density at radius 1 is 1.29 bits per heavy atom. The first kappa shape index (κ1) is 17.1. The highest BCUT2D eigenvalue weighted by molar-refractivity contribution is 7.88. The third kappa shape index (κ3) is 3.24. The van der Waals surface area contributed by atoms with Crippen molar-refractivity contribution < 1.29 is 17.9 Å². The highest BCUT2D eigenvalue weighted by Gasteiger charge is 2.40. The second kappa shape index (κ2) is 6.30. The minimum atomic E-state index is -3.29. The molecule has 0 radical (unpaired) electrons. The van der Waals surface area contributed by atoms with Crippen molar-refractivity contribution in [3.63, 3.8) is 0 Å². The molecule has 1 amide bonds. The molecule has 24 heavy (non-hydrogen) atoms. The van der Waals surface area contributed by atoms with E-state index in [1.54, 1.807) is 24.2 Å². The van der Waals surface area contributed by atoms with Crippen LogP contribution in [0.15, 0.2) is 23.1 Å². The van der Waals surface area contributed by atoms with Crippen LogP contribution < -0.4 is 5.56 Å². The summed E-state index contributed by atoms with van der Waals surface area (Å²) in [7, 11) is -1.70. The third-order valence-electron chi connectivity index (χ3n) is 4.60. The van der Waals surface area contributed by atoms with Gasteiger partial charge in [0.1, 0.15) is 5.56 Å². The van der Waals surface area contributed by atoms with Gasteiger partial charge in [-0.3, -0.25) is 9.59 Å². The molecule has 0 N–H and O–H groups in total. The number of rotatable bonds is 2. The predicted octanol–water partition coefficient (Wildman–Crippen LogP) is -0.882. The molecule has 3 rings (SSSR count). The van der Waals surface area contributed by atoms with E-state index in [4.69, 9.17) is 4.74 Å². The molecule has 8 nitrogen and oxygen atoms in total. The summed E-state index contributed by atoms with van der Waals surface area (Å²) in [4.78, 5) is 26.4. The summed E-state index contributed by atoms with van der Waals surface area (Å²) in [5.41, 5.74) is -0.218.